The Morgan fingerprint density at radius 2 is 1.80 bits per heavy atom. The number of likely N-dealkylation sites (tertiary alicyclic amines) is 1. The van der Waals surface area contributed by atoms with E-state index in [1.807, 2.05) is 56.0 Å². The summed E-state index contributed by atoms with van der Waals surface area (Å²) < 4.78 is 5.67. The summed E-state index contributed by atoms with van der Waals surface area (Å²) in [6, 6.07) is 9.75. The zero-order valence-corrected chi connectivity index (χ0v) is 15.1. The van der Waals surface area contributed by atoms with Crippen molar-refractivity contribution in [2.75, 3.05) is 19.6 Å². The van der Waals surface area contributed by atoms with Crippen LogP contribution in [-0.2, 0) is 9.53 Å². The number of urea groups is 1. The smallest absolute Gasteiger partial charge is 0.317 e. The summed E-state index contributed by atoms with van der Waals surface area (Å²) in [5, 5.41) is 3.03. The van der Waals surface area contributed by atoms with Crippen LogP contribution in [0, 0.1) is 0 Å². The molecule has 0 aliphatic carbocycles. The molecule has 2 aliphatic heterocycles. The molecule has 0 bridgehead atoms. The average molecular weight is 345 g/mol. The quantitative estimate of drug-likeness (QED) is 0.913. The van der Waals surface area contributed by atoms with Crippen molar-refractivity contribution >= 4 is 11.9 Å². The van der Waals surface area contributed by atoms with Gasteiger partial charge in [0, 0.05) is 26.1 Å². The normalized spacial score (nSPS) is 28.1. The molecule has 1 aromatic rings. The van der Waals surface area contributed by atoms with E-state index in [4.69, 9.17) is 4.74 Å². The Hall–Kier alpha value is -2.08. The number of nitrogens with zero attached hydrogens (tertiary/aromatic N) is 2. The molecule has 0 saturated carbocycles. The molecule has 6 nitrogen and oxygen atoms in total. The van der Waals surface area contributed by atoms with Crippen LogP contribution in [0.1, 0.15) is 38.8 Å². The summed E-state index contributed by atoms with van der Waals surface area (Å²) in [6.07, 6.45) is 0.432. The molecule has 136 valence electrons. The van der Waals surface area contributed by atoms with Gasteiger partial charge in [-0.1, -0.05) is 30.3 Å². The first kappa shape index (κ1) is 17.7. The maximum atomic E-state index is 12.5. The predicted molar refractivity (Wildman–Crippen MR) is 95.1 cm³/mol. The molecule has 6 heteroatoms. The van der Waals surface area contributed by atoms with Gasteiger partial charge in [-0.15, -0.1) is 0 Å². The van der Waals surface area contributed by atoms with Gasteiger partial charge in [-0.3, -0.25) is 4.79 Å². The second-order valence-corrected chi connectivity index (χ2v) is 7.15. The van der Waals surface area contributed by atoms with Gasteiger partial charge in [0.1, 0.15) is 0 Å². The number of nitrogens with one attached hydrogen (secondary N) is 1. The Kier molecular flexibility index (Phi) is 5.27. The number of rotatable bonds is 3. The van der Waals surface area contributed by atoms with Crippen LogP contribution in [0.2, 0.25) is 0 Å². The van der Waals surface area contributed by atoms with E-state index in [2.05, 4.69) is 5.32 Å². The standard InChI is InChI=1S/C19H27N3O3/c1-13-10-21(11-14(2)25-13)19(24)20-17-9-18(23)22(12-17)15(3)16-7-5-4-6-8-16/h4-8,13-15,17H,9-12H2,1-3H3,(H,20,24). The van der Waals surface area contributed by atoms with Gasteiger partial charge in [-0.25, -0.2) is 4.79 Å². The summed E-state index contributed by atoms with van der Waals surface area (Å²) in [7, 11) is 0. The summed E-state index contributed by atoms with van der Waals surface area (Å²) in [4.78, 5) is 28.6. The number of carbonyl (C=O) groups is 2. The van der Waals surface area contributed by atoms with E-state index in [1.54, 1.807) is 4.90 Å². The molecule has 4 atom stereocenters. The van der Waals surface area contributed by atoms with Gasteiger partial charge in [-0.2, -0.15) is 0 Å². The Morgan fingerprint density at radius 3 is 2.44 bits per heavy atom. The number of amides is 3. The topological polar surface area (TPSA) is 61.9 Å². The molecular formula is C19H27N3O3. The zero-order chi connectivity index (χ0) is 18.0. The van der Waals surface area contributed by atoms with Gasteiger partial charge in [-0.05, 0) is 26.3 Å². The van der Waals surface area contributed by atoms with Crippen molar-refractivity contribution in [2.45, 2.75) is 51.5 Å². The molecule has 1 aromatic carbocycles. The lowest BCUT2D eigenvalue weighted by molar-refractivity contribution is -0.129. The molecule has 2 aliphatic rings. The highest BCUT2D eigenvalue weighted by Crippen LogP contribution is 2.25. The van der Waals surface area contributed by atoms with Gasteiger partial charge in [0.25, 0.3) is 0 Å². The summed E-state index contributed by atoms with van der Waals surface area (Å²) >= 11 is 0. The van der Waals surface area contributed by atoms with Gasteiger partial charge in [0.05, 0.1) is 24.3 Å². The molecule has 0 aromatic heterocycles. The molecule has 2 heterocycles. The third-order valence-electron chi connectivity index (χ3n) is 4.94. The highest BCUT2D eigenvalue weighted by Gasteiger charge is 2.35. The fourth-order valence-corrected chi connectivity index (χ4v) is 3.72. The molecule has 3 rings (SSSR count). The van der Waals surface area contributed by atoms with Crippen molar-refractivity contribution in [1.82, 2.24) is 15.1 Å². The van der Waals surface area contributed by atoms with Crippen LogP contribution in [0.3, 0.4) is 0 Å². The number of ether oxygens (including phenoxy) is 1. The Morgan fingerprint density at radius 1 is 1.16 bits per heavy atom. The number of benzene rings is 1. The van der Waals surface area contributed by atoms with Gasteiger partial charge in [0.2, 0.25) is 5.91 Å². The molecule has 2 fully saturated rings. The number of hydrogen-bond donors (Lipinski definition) is 1. The molecule has 0 radical (unpaired) electrons. The maximum Gasteiger partial charge on any atom is 0.317 e. The second-order valence-electron chi connectivity index (χ2n) is 7.15. The van der Waals surface area contributed by atoms with E-state index in [1.165, 1.54) is 0 Å². The van der Waals surface area contributed by atoms with E-state index in [0.717, 1.165) is 5.56 Å². The molecule has 25 heavy (non-hydrogen) atoms. The summed E-state index contributed by atoms with van der Waals surface area (Å²) in [5.41, 5.74) is 1.11. The molecule has 1 N–H and O–H groups in total. The van der Waals surface area contributed by atoms with Crippen LogP contribution in [-0.4, -0.2) is 59.6 Å². The van der Waals surface area contributed by atoms with E-state index in [9.17, 15) is 9.59 Å². The first-order chi connectivity index (χ1) is 11.9. The molecule has 0 spiro atoms. The average Bonchev–Trinajstić information content (AvgIpc) is 2.94. The number of hydrogen-bond acceptors (Lipinski definition) is 3. The first-order valence-electron chi connectivity index (χ1n) is 8.99. The van der Waals surface area contributed by atoms with Crippen LogP contribution < -0.4 is 5.32 Å². The van der Waals surface area contributed by atoms with Gasteiger partial charge < -0.3 is 19.9 Å². The minimum Gasteiger partial charge on any atom is -0.372 e. The minimum atomic E-state index is -0.139. The monoisotopic (exact) mass is 345 g/mol. The van der Waals surface area contributed by atoms with Gasteiger partial charge >= 0.3 is 6.03 Å². The van der Waals surface area contributed by atoms with Gasteiger partial charge in [0.15, 0.2) is 0 Å². The number of morpholine rings is 1. The summed E-state index contributed by atoms with van der Waals surface area (Å²) in [6.45, 7) is 7.69. The second kappa shape index (κ2) is 7.44. The summed E-state index contributed by atoms with van der Waals surface area (Å²) in [5.74, 6) is 0.0883. The Bertz CT molecular complexity index is 612. The van der Waals surface area contributed by atoms with Crippen molar-refractivity contribution in [3.8, 4) is 0 Å². The van der Waals surface area contributed by atoms with Crippen molar-refractivity contribution in [1.29, 1.82) is 0 Å². The third-order valence-corrected chi connectivity index (χ3v) is 4.94. The zero-order valence-electron chi connectivity index (χ0n) is 15.1. The van der Waals surface area contributed by atoms with Crippen molar-refractivity contribution < 1.29 is 14.3 Å². The van der Waals surface area contributed by atoms with E-state index >= 15 is 0 Å². The van der Waals surface area contributed by atoms with E-state index in [-0.39, 0.29) is 36.2 Å². The largest absolute Gasteiger partial charge is 0.372 e. The van der Waals surface area contributed by atoms with E-state index in [0.29, 0.717) is 26.1 Å². The number of carbonyl (C=O) groups excluding carboxylic acids is 2. The van der Waals surface area contributed by atoms with Crippen LogP contribution >= 0.6 is 0 Å². The Labute approximate surface area is 149 Å². The third kappa shape index (κ3) is 4.12. The first-order valence-corrected chi connectivity index (χ1v) is 8.99. The van der Waals surface area contributed by atoms with Crippen LogP contribution in [0.4, 0.5) is 4.79 Å². The highest BCUT2D eigenvalue weighted by molar-refractivity contribution is 5.82. The molecule has 3 amide bonds. The molecule has 4 unspecified atom stereocenters. The lowest BCUT2D eigenvalue weighted by Crippen LogP contribution is -2.53. The molecular weight excluding hydrogens is 318 g/mol. The lowest BCUT2D eigenvalue weighted by Gasteiger charge is -2.35. The van der Waals surface area contributed by atoms with Crippen molar-refractivity contribution in [3.05, 3.63) is 35.9 Å². The lowest BCUT2D eigenvalue weighted by atomic mass is 10.1. The van der Waals surface area contributed by atoms with Crippen molar-refractivity contribution in [2.24, 2.45) is 0 Å². The molecule has 2 saturated heterocycles. The van der Waals surface area contributed by atoms with Crippen LogP contribution in [0.25, 0.3) is 0 Å². The van der Waals surface area contributed by atoms with E-state index < -0.39 is 0 Å². The fourth-order valence-electron chi connectivity index (χ4n) is 3.72. The highest BCUT2D eigenvalue weighted by atomic mass is 16.5. The van der Waals surface area contributed by atoms with Crippen LogP contribution in [0.15, 0.2) is 30.3 Å². The SMILES string of the molecule is CC1CN(C(=O)NC2CC(=O)N(C(C)c3ccccc3)C2)CC(C)O1. The Balaban J connectivity index is 1.58. The predicted octanol–water partition coefficient (Wildman–Crippen LogP) is 2.17. The maximum absolute atomic E-state index is 12.5. The fraction of sp³-hybridized carbons (Fsp3) is 0.579. The van der Waals surface area contributed by atoms with Crippen molar-refractivity contribution in [3.63, 3.8) is 0 Å². The minimum absolute atomic E-state index is 0.0130. The van der Waals surface area contributed by atoms with Crippen LogP contribution in [0.5, 0.6) is 0 Å².